The zero-order valence-corrected chi connectivity index (χ0v) is 16.2. The number of fused-ring (bicyclic) bond motifs is 1. The fourth-order valence-electron chi connectivity index (χ4n) is 3.33. The summed E-state index contributed by atoms with van der Waals surface area (Å²) in [6.45, 7) is 2.88. The Labute approximate surface area is 165 Å². The van der Waals surface area contributed by atoms with Crippen molar-refractivity contribution in [1.82, 2.24) is 24.8 Å². The van der Waals surface area contributed by atoms with Crippen molar-refractivity contribution in [1.29, 1.82) is 0 Å². The molecular formula is C20H17N5S2. The normalized spacial score (nSPS) is 14.2. The first kappa shape index (κ1) is 16.7. The highest BCUT2D eigenvalue weighted by molar-refractivity contribution is 7.10. The number of hydrogen-bond acceptors (Lipinski definition) is 7. The average Bonchev–Trinajstić information content (AvgIpc) is 3.40. The summed E-state index contributed by atoms with van der Waals surface area (Å²) in [5.41, 5.74) is 5.87. The zero-order valence-electron chi connectivity index (χ0n) is 14.6. The number of aromatic nitrogens is 4. The Hall–Kier alpha value is -2.48. The lowest BCUT2D eigenvalue weighted by Gasteiger charge is -2.27. The van der Waals surface area contributed by atoms with Crippen molar-refractivity contribution in [3.8, 4) is 22.5 Å². The lowest BCUT2D eigenvalue weighted by molar-refractivity contribution is 0.245. The van der Waals surface area contributed by atoms with Gasteiger partial charge in [0.15, 0.2) is 5.82 Å². The number of nitrogens with zero attached hydrogens (tertiary/aromatic N) is 5. The third-order valence-corrected chi connectivity index (χ3v) is 6.32. The molecular weight excluding hydrogens is 374 g/mol. The van der Waals surface area contributed by atoms with Crippen molar-refractivity contribution < 1.29 is 0 Å². The molecule has 4 aromatic rings. The summed E-state index contributed by atoms with van der Waals surface area (Å²) >= 11 is 3.58. The number of rotatable bonds is 4. The molecule has 0 bridgehead atoms. The average molecular weight is 392 g/mol. The van der Waals surface area contributed by atoms with Crippen LogP contribution in [0.2, 0.25) is 0 Å². The van der Waals surface area contributed by atoms with Crippen molar-refractivity contribution >= 4 is 22.7 Å². The van der Waals surface area contributed by atoms with Gasteiger partial charge in [-0.2, -0.15) is 11.3 Å². The van der Waals surface area contributed by atoms with Gasteiger partial charge in [0.1, 0.15) is 6.33 Å². The molecule has 0 unspecified atom stereocenters. The summed E-state index contributed by atoms with van der Waals surface area (Å²) in [6, 6.07) is 4.50. The molecule has 0 saturated carbocycles. The molecule has 1 aliphatic rings. The van der Waals surface area contributed by atoms with Crippen LogP contribution in [0.25, 0.3) is 22.5 Å². The van der Waals surface area contributed by atoms with Gasteiger partial charge in [-0.3, -0.25) is 4.90 Å². The van der Waals surface area contributed by atoms with Gasteiger partial charge in [0.05, 0.1) is 11.3 Å². The molecule has 0 saturated heterocycles. The molecule has 0 aliphatic carbocycles. The highest BCUT2D eigenvalue weighted by atomic mass is 32.1. The van der Waals surface area contributed by atoms with Gasteiger partial charge in [0.25, 0.3) is 0 Å². The summed E-state index contributed by atoms with van der Waals surface area (Å²) < 4.78 is 0. The highest BCUT2D eigenvalue weighted by Gasteiger charge is 2.19. The Kier molecular flexibility index (Phi) is 4.49. The minimum absolute atomic E-state index is 0.710. The third kappa shape index (κ3) is 3.53. The lowest BCUT2D eigenvalue weighted by atomic mass is 10.1. The van der Waals surface area contributed by atoms with Crippen LogP contribution in [-0.2, 0) is 19.5 Å². The molecule has 27 heavy (non-hydrogen) atoms. The maximum absolute atomic E-state index is 4.75. The van der Waals surface area contributed by atoms with Crippen LogP contribution >= 0.6 is 22.7 Å². The third-order valence-electron chi connectivity index (χ3n) is 4.72. The Morgan fingerprint density at radius 3 is 2.81 bits per heavy atom. The molecule has 4 aromatic heterocycles. The maximum atomic E-state index is 4.75. The second kappa shape index (κ2) is 7.26. The van der Waals surface area contributed by atoms with Crippen LogP contribution in [0.3, 0.4) is 0 Å². The Morgan fingerprint density at radius 1 is 1.04 bits per heavy atom. The van der Waals surface area contributed by atoms with Crippen LogP contribution in [0.4, 0.5) is 0 Å². The van der Waals surface area contributed by atoms with E-state index >= 15 is 0 Å². The van der Waals surface area contributed by atoms with Gasteiger partial charge < -0.3 is 0 Å². The fraction of sp³-hybridized carbons (Fsp3) is 0.200. The quantitative estimate of drug-likeness (QED) is 0.520. The molecule has 0 aromatic carbocycles. The van der Waals surface area contributed by atoms with Gasteiger partial charge in [0, 0.05) is 55.1 Å². The first-order chi connectivity index (χ1) is 13.3. The van der Waals surface area contributed by atoms with Crippen LogP contribution in [0.5, 0.6) is 0 Å². The maximum Gasteiger partial charge on any atom is 0.162 e. The number of hydrogen-bond donors (Lipinski definition) is 0. The molecule has 5 rings (SSSR count). The van der Waals surface area contributed by atoms with Crippen LogP contribution in [0.1, 0.15) is 16.1 Å². The van der Waals surface area contributed by atoms with E-state index in [1.807, 2.05) is 17.5 Å². The minimum Gasteiger partial charge on any atom is -0.293 e. The SMILES string of the molecule is c1ncc(-c2ncc3c(n2)CCN(Cc2cc(-c4ccsc4)cs2)C3)cn1. The van der Waals surface area contributed by atoms with Crippen molar-refractivity contribution in [3.05, 3.63) is 69.3 Å². The van der Waals surface area contributed by atoms with Crippen molar-refractivity contribution in [3.63, 3.8) is 0 Å². The van der Waals surface area contributed by atoms with Gasteiger partial charge in [-0.25, -0.2) is 19.9 Å². The predicted octanol–water partition coefficient (Wildman–Crippen LogP) is 4.28. The van der Waals surface area contributed by atoms with Crippen LogP contribution in [0.15, 0.2) is 53.2 Å². The van der Waals surface area contributed by atoms with E-state index < -0.39 is 0 Å². The topological polar surface area (TPSA) is 54.8 Å². The zero-order chi connectivity index (χ0) is 18.1. The highest BCUT2D eigenvalue weighted by Crippen LogP contribution is 2.29. The summed E-state index contributed by atoms with van der Waals surface area (Å²) in [7, 11) is 0. The van der Waals surface area contributed by atoms with Gasteiger partial charge in [0.2, 0.25) is 0 Å². The molecule has 1 aliphatic heterocycles. The molecule has 0 radical (unpaired) electrons. The van der Waals surface area contributed by atoms with Crippen molar-refractivity contribution in [2.75, 3.05) is 6.54 Å². The number of thiophene rings is 2. The predicted molar refractivity (Wildman–Crippen MR) is 109 cm³/mol. The lowest BCUT2D eigenvalue weighted by Crippen LogP contribution is -2.30. The minimum atomic E-state index is 0.710. The Morgan fingerprint density at radius 2 is 1.96 bits per heavy atom. The van der Waals surface area contributed by atoms with Crippen LogP contribution in [0, 0.1) is 0 Å². The molecule has 0 N–H and O–H groups in total. The van der Waals surface area contributed by atoms with E-state index in [4.69, 9.17) is 4.98 Å². The summed E-state index contributed by atoms with van der Waals surface area (Å²) in [4.78, 5) is 21.3. The van der Waals surface area contributed by atoms with E-state index in [1.54, 1.807) is 23.7 Å². The van der Waals surface area contributed by atoms with E-state index in [2.05, 4.69) is 48.1 Å². The molecule has 7 heteroatoms. The molecule has 0 fully saturated rings. The standard InChI is InChI=1S/C20H17N5S2/c1-3-25(10-18-5-15(12-27-18)14-2-4-26-11-14)9-17-8-23-20(24-19(1)17)16-6-21-13-22-7-16/h2,4-8,11-13H,1,3,9-10H2. The van der Waals surface area contributed by atoms with E-state index in [1.165, 1.54) is 27.9 Å². The Bertz CT molecular complexity index is 1040. The smallest absolute Gasteiger partial charge is 0.162 e. The largest absolute Gasteiger partial charge is 0.293 e. The second-order valence-corrected chi connectivity index (χ2v) is 8.34. The summed E-state index contributed by atoms with van der Waals surface area (Å²) in [6.07, 6.45) is 7.94. The van der Waals surface area contributed by atoms with Crippen LogP contribution < -0.4 is 0 Å². The van der Waals surface area contributed by atoms with Gasteiger partial charge >= 0.3 is 0 Å². The van der Waals surface area contributed by atoms with E-state index in [0.717, 1.165) is 37.3 Å². The monoisotopic (exact) mass is 391 g/mol. The first-order valence-electron chi connectivity index (χ1n) is 8.78. The fourth-order valence-corrected chi connectivity index (χ4v) is 4.93. The van der Waals surface area contributed by atoms with Gasteiger partial charge in [-0.05, 0) is 39.4 Å². The molecule has 0 amide bonds. The van der Waals surface area contributed by atoms with Crippen molar-refractivity contribution in [2.45, 2.75) is 19.5 Å². The van der Waals surface area contributed by atoms with Gasteiger partial charge in [-0.15, -0.1) is 11.3 Å². The summed E-state index contributed by atoms with van der Waals surface area (Å²) in [5, 5.41) is 6.59. The molecule has 5 heterocycles. The van der Waals surface area contributed by atoms with Gasteiger partial charge in [-0.1, -0.05) is 0 Å². The molecule has 5 nitrogen and oxygen atoms in total. The molecule has 134 valence electrons. The van der Waals surface area contributed by atoms with E-state index in [0.29, 0.717) is 5.82 Å². The summed E-state index contributed by atoms with van der Waals surface area (Å²) in [5.74, 6) is 0.710. The Balaban J connectivity index is 1.30. The van der Waals surface area contributed by atoms with Crippen molar-refractivity contribution in [2.24, 2.45) is 0 Å². The van der Waals surface area contributed by atoms with E-state index in [-0.39, 0.29) is 0 Å². The van der Waals surface area contributed by atoms with E-state index in [9.17, 15) is 0 Å². The molecule has 0 spiro atoms. The first-order valence-corrected chi connectivity index (χ1v) is 10.6. The molecule has 0 atom stereocenters. The van der Waals surface area contributed by atoms with Crippen LogP contribution in [-0.4, -0.2) is 31.4 Å². The second-order valence-electron chi connectivity index (χ2n) is 6.57.